The standard InChI is InChI=1S/C19H22N2OS/c22-19(18-7-4-10-23-18)21-13-16-8-9-17(14-21)20(12-16)11-15-5-2-1-3-6-15/h1-7,10,16-17H,8-9,11-14H2/t16-,17-/m0/s1. The monoisotopic (exact) mass is 326 g/mol. The van der Waals surface area contributed by atoms with Crippen LogP contribution in [-0.2, 0) is 6.54 Å². The first-order valence-electron chi connectivity index (χ1n) is 8.40. The molecule has 2 bridgehead atoms. The van der Waals surface area contributed by atoms with E-state index in [4.69, 9.17) is 0 Å². The molecule has 0 aliphatic carbocycles. The van der Waals surface area contributed by atoms with Crippen molar-refractivity contribution in [3.8, 4) is 0 Å². The van der Waals surface area contributed by atoms with Crippen LogP contribution in [-0.4, -0.2) is 41.4 Å². The second-order valence-electron chi connectivity index (χ2n) is 6.70. The molecule has 3 nitrogen and oxygen atoms in total. The van der Waals surface area contributed by atoms with Gasteiger partial charge in [-0.2, -0.15) is 0 Å². The summed E-state index contributed by atoms with van der Waals surface area (Å²) in [5.41, 5.74) is 1.37. The third-order valence-electron chi connectivity index (χ3n) is 5.07. The number of piperidine rings is 1. The Morgan fingerprint density at radius 2 is 1.91 bits per heavy atom. The molecule has 0 unspecified atom stereocenters. The van der Waals surface area contributed by atoms with Gasteiger partial charge in [0.2, 0.25) is 0 Å². The predicted molar refractivity (Wildman–Crippen MR) is 93.6 cm³/mol. The van der Waals surface area contributed by atoms with Gasteiger partial charge in [-0.1, -0.05) is 36.4 Å². The lowest BCUT2D eigenvalue weighted by molar-refractivity contribution is 0.0741. The minimum atomic E-state index is 0.221. The Morgan fingerprint density at radius 3 is 2.70 bits per heavy atom. The average molecular weight is 326 g/mol. The molecule has 1 amide bonds. The van der Waals surface area contributed by atoms with Gasteiger partial charge in [0, 0.05) is 32.2 Å². The summed E-state index contributed by atoms with van der Waals surface area (Å²) in [4.78, 5) is 18.3. The van der Waals surface area contributed by atoms with Gasteiger partial charge < -0.3 is 4.90 Å². The van der Waals surface area contributed by atoms with Gasteiger partial charge in [0.05, 0.1) is 4.88 Å². The largest absolute Gasteiger partial charge is 0.336 e. The molecule has 23 heavy (non-hydrogen) atoms. The second kappa shape index (κ2) is 6.46. The van der Waals surface area contributed by atoms with Crippen molar-refractivity contribution in [1.82, 2.24) is 9.80 Å². The summed E-state index contributed by atoms with van der Waals surface area (Å²) >= 11 is 1.55. The van der Waals surface area contributed by atoms with Crippen LogP contribution in [0.25, 0.3) is 0 Å². The van der Waals surface area contributed by atoms with Gasteiger partial charge in [0.25, 0.3) is 5.91 Å². The number of benzene rings is 1. The van der Waals surface area contributed by atoms with E-state index in [0.29, 0.717) is 12.0 Å². The third-order valence-corrected chi connectivity index (χ3v) is 5.93. The molecule has 0 spiro atoms. The second-order valence-corrected chi connectivity index (χ2v) is 7.65. The van der Waals surface area contributed by atoms with Gasteiger partial charge in [-0.25, -0.2) is 0 Å². The topological polar surface area (TPSA) is 23.6 Å². The number of rotatable bonds is 3. The minimum absolute atomic E-state index is 0.221. The van der Waals surface area contributed by atoms with Crippen LogP contribution in [0.5, 0.6) is 0 Å². The maximum Gasteiger partial charge on any atom is 0.263 e. The molecule has 1 aromatic heterocycles. The average Bonchev–Trinajstić information content (AvgIpc) is 2.97. The van der Waals surface area contributed by atoms with Crippen LogP contribution < -0.4 is 0 Å². The van der Waals surface area contributed by atoms with Crippen LogP contribution in [0.3, 0.4) is 0 Å². The number of carbonyl (C=O) groups excluding carboxylic acids is 1. The van der Waals surface area contributed by atoms with Crippen LogP contribution in [0.4, 0.5) is 0 Å². The van der Waals surface area contributed by atoms with Crippen LogP contribution in [0, 0.1) is 5.92 Å². The zero-order valence-corrected chi connectivity index (χ0v) is 14.0. The highest BCUT2D eigenvalue weighted by Gasteiger charge is 2.36. The molecule has 3 aliphatic rings. The number of amides is 1. The van der Waals surface area contributed by atoms with Crippen molar-refractivity contribution in [2.24, 2.45) is 5.92 Å². The Hall–Kier alpha value is -1.65. The van der Waals surface area contributed by atoms with E-state index < -0.39 is 0 Å². The highest BCUT2D eigenvalue weighted by Crippen LogP contribution is 2.30. The predicted octanol–water partition coefficient (Wildman–Crippen LogP) is 3.48. The molecule has 4 heterocycles. The maximum absolute atomic E-state index is 12.7. The van der Waals surface area contributed by atoms with Gasteiger partial charge in [-0.3, -0.25) is 9.69 Å². The molecule has 2 aromatic rings. The molecule has 0 N–H and O–H groups in total. The van der Waals surface area contributed by atoms with E-state index in [1.807, 2.05) is 17.5 Å². The Kier molecular flexibility index (Phi) is 4.19. The van der Waals surface area contributed by atoms with Gasteiger partial charge in [-0.05, 0) is 35.8 Å². The van der Waals surface area contributed by atoms with Crippen LogP contribution in [0.15, 0.2) is 47.8 Å². The molecule has 2 atom stereocenters. The van der Waals surface area contributed by atoms with E-state index in [-0.39, 0.29) is 5.91 Å². The molecule has 0 saturated carbocycles. The maximum atomic E-state index is 12.7. The quantitative estimate of drug-likeness (QED) is 0.862. The first kappa shape index (κ1) is 14.9. The molecule has 4 heteroatoms. The Morgan fingerprint density at radius 1 is 1.04 bits per heavy atom. The summed E-state index contributed by atoms with van der Waals surface area (Å²) < 4.78 is 0. The minimum Gasteiger partial charge on any atom is -0.336 e. The van der Waals surface area contributed by atoms with Crippen molar-refractivity contribution in [1.29, 1.82) is 0 Å². The number of hydrogen-bond acceptors (Lipinski definition) is 3. The Bertz CT molecular complexity index is 655. The van der Waals surface area contributed by atoms with E-state index in [2.05, 4.69) is 40.1 Å². The van der Waals surface area contributed by atoms with Crippen molar-refractivity contribution >= 4 is 17.2 Å². The van der Waals surface area contributed by atoms with Gasteiger partial charge >= 0.3 is 0 Å². The molecule has 120 valence electrons. The van der Waals surface area contributed by atoms with E-state index in [1.165, 1.54) is 18.4 Å². The fraction of sp³-hybridized carbons (Fsp3) is 0.421. The molecular weight excluding hydrogens is 304 g/mol. The fourth-order valence-corrected chi connectivity index (χ4v) is 4.60. The first-order valence-corrected chi connectivity index (χ1v) is 9.28. The molecule has 1 aromatic carbocycles. The molecule has 3 saturated heterocycles. The Labute approximate surface area is 141 Å². The lowest BCUT2D eigenvalue weighted by Crippen LogP contribution is -2.43. The molecule has 3 fully saturated rings. The summed E-state index contributed by atoms with van der Waals surface area (Å²) in [6.45, 7) is 3.91. The summed E-state index contributed by atoms with van der Waals surface area (Å²) in [6, 6.07) is 15.1. The number of carbonyl (C=O) groups is 1. The zero-order chi connectivity index (χ0) is 15.6. The highest BCUT2D eigenvalue weighted by atomic mass is 32.1. The summed E-state index contributed by atoms with van der Waals surface area (Å²) in [5, 5.41) is 1.99. The smallest absolute Gasteiger partial charge is 0.263 e. The van der Waals surface area contributed by atoms with Crippen LogP contribution in [0.1, 0.15) is 28.1 Å². The summed E-state index contributed by atoms with van der Waals surface area (Å²) in [6.07, 6.45) is 2.47. The van der Waals surface area contributed by atoms with E-state index in [1.54, 1.807) is 11.3 Å². The zero-order valence-electron chi connectivity index (χ0n) is 13.2. The lowest BCUT2D eigenvalue weighted by atomic mass is 9.94. The van der Waals surface area contributed by atoms with Gasteiger partial charge in [-0.15, -0.1) is 11.3 Å². The summed E-state index contributed by atoms with van der Waals surface area (Å²) in [5.74, 6) is 0.833. The highest BCUT2D eigenvalue weighted by molar-refractivity contribution is 7.12. The van der Waals surface area contributed by atoms with Crippen molar-refractivity contribution in [2.75, 3.05) is 19.6 Å². The van der Waals surface area contributed by atoms with E-state index in [0.717, 1.165) is 31.1 Å². The number of nitrogens with zero attached hydrogens (tertiary/aromatic N) is 2. The van der Waals surface area contributed by atoms with Crippen molar-refractivity contribution < 1.29 is 4.79 Å². The van der Waals surface area contributed by atoms with Crippen LogP contribution in [0.2, 0.25) is 0 Å². The lowest BCUT2D eigenvalue weighted by Gasteiger charge is -2.36. The van der Waals surface area contributed by atoms with Crippen molar-refractivity contribution in [3.63, 3.8) is 0 Å². The summed E-state index contributed by atoms with van der Waals surface area (Å²) in [7, 11) is 0. The molecular formula is C19H22N2OS. The SMILES string of the molecule is O=C(c1cccs1)N1C[C@H]2CC[C@@H](C1)N(Cc1ccccc1)C2. The number of thiophene rings is 1. The van der Waals surface area contributed by atoms with Gasteiger partial charge in [0.1, 0.15) is 0 Å². The number of fused-ring (bicyclic) bond motifs is 4. The van der Waals surface area contributed by atoms with Crippen molar-refractivity contribution in [3.05, 3.63) is 58.3 Å². The fourth-order valence-electron chi connectivity index (χ4n) is 3.91. The van der Waals surface area contributed by atoms with E-state index >= 15 is 0 Å². The normalized spacial score (nSPS) is 24.6. The molecule has 0 radical (unpaired) electrons. The molecule has 3 aliphatic heterocycles. The Balaban J connectivity index is 1.49. The van der Waals surface area contributed by atoms with Crippen LogP contribution >= 0.6 is 11.3 Å². The first-order chi connectivity index (χ1) is 11.3. The van der Waals surface area contributed by atoms with E-state index in [9.17, 15) is 4.79 Å². The molecule has 5 rings (SSSR count). The van der Waals surface area contributed by atoms with Crippen molar-refractivity contribution in [2.45, 2.75) is 25.4 Å². The number of hydrogen-bond donors (Lipinski definition) is 0. The third kappa shape index (κ3) is 3.19. The van der Waals surface area contributed by atoms with Gasteiger partial charge in [0.15, 0.2) is 0 Å².